The van der Waals surface area contributed by atoms with Crippen LogP contribution in [0.15, 0.2) is 48.7 Å². The number of carbonyl (C=O) groups excluding carboxylic acids is 1. The second-order valence-corrected chi connectivity index (χ2v) is 6.25. The van der Waals surface area contributed by atoms with Gasteiger partial charge in [-0.3, -0.25) is 9.48 Å². The molecule has 3 aromatic rings. The van der Waals surface area contributed by atoms with E-state index in [0.717, 1.165) is 12.1 Å². The molecule has 5 nitrogen and oxygen atoms in total. The van der Waals surface area contributed by atoms with Gasteiger partial charge in [0, 0.05) is 25.4 Å². The van der Waals surface area contributed by atoms with Crippen LogP contribution in [-0.2, 0) is 19.8 Å². The quantitative estimate of drug-likeness (QED) is 0.646. The number of carbonyl (C=O) groups is 1. The highest BCUT2D eigenvalue weighted by Crippen LogP contribution is 2.33. The Balaban J connectivity index is 1.89. The third-order valence-corrected chi connectivity index (χ3v) is 4.25. The number of ether oxygens (including phenoxy) is 1. The molecule has 29 heavy (non-hydrogen) atoms. The van der Waals surface area contributed by atoms with Gasteiger partial charge in [-0.25, -0.2) is 4.39 Å². The van der Waals surface area contributed by atoms with Crippen LogP contribution in [-0.4, -0.2) is 22.8 Å². The Labute approximate surface area is 163 Å². The van der Waals surface area contributed by atoms with Crippen molar-refractivity contribution in [2.45, 2.75) is 12.7 Å². The van der Waals surface area contributed by atoms with E-state index in [2.05, 4.69) is 10.4 Å². The molecule has 0 fully saturated rings. The number of halogens is 4. The van der Waals surface area contributed by atoms with Gasteiger partial charge in [0.25, 0.3) is 5.91 Å². The van der Waals surface area contributed by atoms with E-state index in [1.165, 1.54) is 18.0 Å². The summed E-state index contributed by atoms with van der Waals surface area (Å²) in [7, 11) is 3.10. The van der Waals surface area contributed by atoms with Crippen LogP contribution in [0, 0.1) is 5.82 Å². The molecule has 0 radical (unpaired) electrons. The number of amides is 1. The first-order valence-corrected chi connectivity index (χ1v) is 8.51. The lowest BCUT2D eigenvalue weighted by atomic mass is 10.1. The molecule has 0 bridgehead atoms. The first-order valence-electron chi connectivity index (χ1n) is 8.51. The van der Waals surface area contributed by atoms with Crippen molar-refractivity contribution in [1.82, 2.24) is 15.1 Å². The largest absolute Gasteiger partial charge is 0.496 e. The number of para-hydroxylation sites is 1. The highest BCUT2D eigenvalue weighted by molar-refractivity contribution is 6.00. The number of aromatic nitrogens is 2. The van der Waals surface area contributed by atoms with E-state index < -0.39 is 30.0 Å². The summed E-state index contributed by atoms with van der Waals surface area (Å²) >= 11 is 0. The highest BCUT2D eigenvalue weighted by atomic mass is 19.4. The molecule has 3 rings (SSSR count). The van der Waals surface area contributed by atoms with Gasteiger partial charge in [0.05, 0.1) is 18.2 Å². The molecule has 0 spiro atoms. The lowest BCUT2D eigenvalue weighted by molar-refractivity contribution is -0.138. The Morgan fingerprint density at radius 3 is 2.62 bits per heavy atom. The Morgan fingerprint density at radius 1 is 1.21 bits per heavy atom. The lowest BCUT2D eigenvalue weighted by Crippen LogP contribution is -2.25. The third kappa shape index (κ3) is 4.39. The van der Waals surface area contributed by atoms with Gasteiger partial charge in [-0.15, -0.1) is 0 Å². The Bertz CT molecular complexity index is 1040. The second kappa shape index (κ2) is 7.94. The average molecular weight is 407 g/mol. The highest BCUT2D eigenvalue weighted by Gasteiger charge is 2.34. The maximum Gasteiger partial charge on any atom is 0.416 e. The van der Waals surface area contributed by atoms with Gasteiger partial charge in [-0.2, -0.15) is 18.3 Å². The lowest BCUT2D eigenvalue weighted by Gasteiger charge is -2.14. The normalized spacial score (nSPS) is 11.4. The molecule has 152 valence electrons. The monoisotopic (exact) mass is 407 g/mol. The van der Waals surface area contributed by atoms with Gasteiger partial charge in [0.2, 0.25) is 0 Å². The number of hydrogen-bond donors (Lipinski definition) is 1. The van der Waals surface area contributed by atoms with Crippen LogP contribution >= 0.6 is 0 Å². The number of nitrogens with zero attached hydrogens (tertiary/aromatic N) is 2. The number of hydrogen-bond acceptors (Lipinski definition) is 3. The van der Waals surface area contributed by atoms with E-state index in [1.54, 1.807) is 31.3 Å². The maximum absolute atomic E-state index is 13.2. The first kappa shape index (κ1) is 20.4. The van der Waals surface area contributed by atoms with E-state index in [-0.39, 0.29) is 11.1 Å². The topological polar surface area (TPSA) is 56.2 Å². The van der Waals surface area contributed by atoms with Crippen molar-refractivity contribution < 1.29 is 27.1 Å². The summed E-state index contributed by atoms with van der Waals surface area (Å²) < 4.78 is 59.4. The summed E-state index contributed by atoms with van der Waals surface area (Å²) in [5.74, 6) is -1.12. The summed E-state index contributed by atoms with van der Waals surface area (Å²) in [5, 5.41) is 6.73. The van der Waals surface area contributed by atoms with Crippen molar-refractivity contribution in [3.8, 4) is 17.0 Å². The molecule has 1 aromatic heterocycles. The van der Waals surface area contributed by atoms with Crippen molar-refractivity contribution in [1.29, 1.82) is 0 Å². The van der Waals surface area contributed by atoms with Crippen molar-refractivity contribution in [3.63, 3.8) is 0 Å². The number of rotatable bonds is 5. The van der Waals surface area contributed by atoms with Crippen molar-refractivity contribution in [3.05, 3.63) is 71.2 Å². The van der Waals surface area contributed by atoms with Gasteiger partial charge in [0.1, 0.15) is 17.3 Å². The standard InChI is InChI=1S/C20H17F4N3O2/c1-27-11-15(18(26-27)14-5-3-4-6-17(14)29-2)19(28)25-10-12-7-8-13(21)9-16(12)20(22,23)24/h3-9,11H,10H2,1-2H3,(H,25,28). The Morgan fingerprint density at radius 2 is 1.93 bits per heavy atom. The molecular formula is C20H17F4N3O2. The van der Waals surface area contributed by atoms with E-state index in [0.29, 0.717) is 23.1 Å². The van der Waals surface area contributed by atoms with E-state index in [9.17, 15) is 22.4 Å². The second-order valence-electron chi connectivity index (χ2n) is 6.25. The zero-order valence-electron chi connectivity index (χ0n) is 15.5. The summed E-state index contributed by atoms with van der Waals surface area (Å²) in [4.78, 5) is 12.7. The summed E-state index contributed by atoms with van der Waals surface area (Å²) in [6.07, 6.45) is -3.27. The summed E-state index contributed by atoms with van der Waals surface area (Å²) in [5.41, 5.74) is -0.298. The van der Waals surface area contributed by atoms with Crippen molar-refractivity contribution in [2.75, 3.05) is 7.11 Å². The Kier molecular flexibility index (Phi) is 5.58. The molecule has 0 aliphatic rings. The molecule has 9 heteroatoms. The van der Waals surface area contributed by atoms with Crippen LogP contribution in [0.25, 0.3) is 11.3 Å². The fourth-order valence-electron chi connectivity index (χ4n) is 2.93. The SMILES string of the molecule is COc1ccccc1-c1nn(C)cc1C(=O)NCc1ccc(F)cc1C(F)(F)F. The van der Waals surface area contributed by atoms with Gasteiger partial charge < -0.3 is 10.1 Å². The number of methoxy groups -OCH3 is 1. The summed E-state index contributed by atoms with van der Waals surface area (Å²) in [6, 6.07) is 9.27. The molecule has 0 aliphatic heterocycles. The number of alkyl halides is 3. The molecule has 1 N–H and O–H groups in total. The minimum Gasteiger partial charge on any atom is -0.496 e. The van der Waals surface area contributed by atoms with Gasteiger partial charge in [0.15, 0.2) is 0 Å². The molecule has 0 atom stereocenters. The van der Waals surface area contributed by atoms with Gasteiger partial charge in [-0.1, -0.05) is 18.2 Å². The number of aryl methyl sites for hydroxylation is 1. The number of nitrogens with one attached hydrogen (secondary N) is 1. The third-order valence-electron chi connectivity index (χ3n) is 4.25. The van der Waals surface area contributed by atoms with Crippen LogP contribution in [0.1, 0.15) is 21.5 Å². The van der Waals surface area contributed by atoms with Gasteiger partial charge >= 0.3 is 6.18 Å². The minimum absolute atomic E-state index is 0.174. The molecule has 1 heterocycles. The maximum atomic E-state index is 13.2. The Hall–Kier alpha value is -3.36. The van der Waals surface area contributed by atoms with Crippen LogP contribution in [0.4, 0.5) is 17.6 Å². The van der Waals surface area contributed by atoms with Gasteiger partial charge in [-0.05, 0) is 29.8 Å². The molecule has 0 unspecified atom stereocenters. The number of benzene rings is 2. The summed E-state index contributed by atoms with van der Waals surface area (Å²) in [6.45, 7) is -0.422. The molecule has 0 aliphatic carbocycles. The van der Waals surface area contributed by atoms with Crippen molar-refractivity contribution in [2.24, 2.45) is 7.05 Å². The van der Waals surface area contributed by atoms with E-state index >= 15 is 0 Å². The smallest absolute Gasteiger partial charge is 0.416 e. The predicted molar refractivity (Wildman–Crippen MR) is 97.8 cm³/mol. The zero-order chi connectivity index (χ0) is 21.2. The molecule has 0 saturated carbocycles. The predicted octanol–water partition coefficient (Wildman–Crippen LogP) is 4.18. The van der Waals surface area contributed by atoms with Crippen LogP contribution in [0.2, 0.25) is 0 Å². The first-order chi connectivity index (χ1) is 13.7. The zero-order valence-corrected chi connectivity index (χ0v) is 15.5. The van der Waals surface area contributed by atoms with Crippen LogP contribution in [0.3, 0.4) is 0 Å². The fraction of sp³-hybridized carbons (Fsp3) is 0.200. The average Bonchev–Trinajstić information content (AvgIpc) is 3.07. The molecule has 2 aromatic carbocycles. The molecule has 0 saturated heterocycles. The van der Waals surface area contributed by atoms with E-state index in [1.807, 2.05) is 0 Å². The fourth-order valence-corrected chi connectivity index (χ4v) is 2.93. The van der Waals surface area contributed by atoms with E-state index in [4.69, 9.17) is 4.74 Å². The molecular weight excluding hydrogens is 390 g/mol. The minimum atomic E-state index is -4.74. The van der Waals surface area contributed by atoms with Crippen LogP contribution in [0.5, 0.6) is 5.75 Å². The molecule has 1 amide bonds. The van der Waals surface area contributed by atoms with Crippen LogP contribution < -0.4 is 10.1 Å². The van der Waals surface area contributed by atoms with Crippen molar-refractivity contribution >= 4 is 5.91 Å².